The minimum atomic E-state index is 0.537. The van der Waals surface area contributed by atoms with Crippen LogP contribution in [0.25, 0.3) is 0 Å². The maximum Gasteiger partial charge on any atom is 0.0537 e. The fourth-order valence-corrected chi connectivity index (χ4v) is 4.16. The third-order valence-corrected chi connectivity index (χ3v) is 5.46. The van der Waals surface area contributed by atoms with E-state index in [0.29, 0.717) is 6.04 Å². The minimum Gasteiger partial charge on any atom is -0.306 e. The second-order valence-electron chi connectivity index (χ2n) is 6.53. The van der Waals surface area contributed by atoms with Crippen LogP contribution in [0.5, 0.6) is 0 Å². The third kappa shape index (κ3) is 4.74. The van der Waals surface area contributed by atoms with Gasteiger partial charge in [0.2, 0.25) is 0 Å². The topological polar surface area (TPSA) is 24.3 Å². The van der Waals surface area contributed by atoms with Crippen molar-refractivity contribution in [1.29, 1.82) is 0 Å². The Morgan fingerprint density at radius 1 is 1.45 bits per heavy atom. The van der Waals surface area contributed by atoms with Gasteiger partial charge in [0.1, 0.15) is 0 Å². The van der Waals surface area contributed by atoms with Crippen LogP contribution in [0.15, 0.2) is 12.4 Å². The van der Waals surface area contributed by atoms with E-state index in [0.717, 1.165) is 12.5 Å². The summed E-state index contributed by atoms with van der Waals surface area (Å²) in [6.07, 6.45) is 10.4. The Balaban J connectivity index is 2.02. The first kappa shape index (κ1) is 17.8. The Hall–Kier alpha value is -0.520. The molecule has 0 saturated carbocycles. The third-order valence-electron chi connectivity index (χ3n) is 4.77. The van der Waals surface area contributed by atoms with Gasteiger partial charge in [-0.25, -0.2) is 0 Å². The molecule has 0 unspecified atom stereocenters. The molecule has 0 N–H and O–H groups in total. The van der Waals surface area contributed by atoms with E-state index in [9.17, 15) is 0 Å². The molecule has 5 heteroatoms. The minimum absolute atomic E-state index is 0.537. The van der Waals surface area contributed by atoms with Crippen molar-refractivity contribution in [2.75, 3.05) is 45.2 Å². The molecular formula is C17H32N4S. The molecule has 126 valence electrons. The maximum absolute atomic E-state index is 4.41. The van der Waals surface area contributed by atoms with Gasteiger partial charge in [0.15, 0.2) is 0 Å². The summed E-state index contributed by atoms with van der Waals surface area (Å²) in [7, 11) is 4.30. The van der Waals surface area contributed by atoms with Crippen molar-refractivity contribution in [2.45, 2.75) is 32.2 Å². The van der Waals surface area contributed by atoms with Gasteiger partial charge in [-0.2, -0.15) is 16.9 Å². The Kier molecular flexibility index (Phi) is 7.25. The van der Waals surface area contributed by atoms with E-state index in [-0.39, 0.29) is 0 Å². The van der Waals surface area contributed by atoms with Crippen LogP contribution in [0.1, 0.15) is 37.8 Å². The number of thioether (sulfide) groups is 1. The van der Waals surface area contributed by atoms with Gasteiger partial charge in [-0.3, -0.25) is 9.58 Å². The highest BCUT2D eigenvalue weighted by Crippen LogP contribution is 2.36. The molecule has 0 radical (unpaired) electrons. The highest BCUT2D eigenvalue weighted by atomic mass is 32.2. The van der Waals surface area contributed by atoms with Crippen molar-refractivity contribution >= 4 is 11.8 Å². The number of piperidine rings is 1. The van der Waals surface area contributed by atoms with Crippen molar-refractivity contribution in [3.05, 3.63) is 18.0 Å². The van der Waals surface area contributed by atoms with Gasteiger partial charge in [0.05, 0.1) is 6.20 Å². The SMILES string of the molecule is CCN1CCC[C@@H](CN(C)CCCSC)[C@@H]1c1cnn(C)c1. The largest absolute Gasteiger partial charge is 0.306 e. The average Bonchev–Trinajstić information content (AvgIpc) is 2.93. The van der Waals surface area contributed by atoms with Crippen LogP contribution >= 0.6 is 11.8 Å². The zero-order valence-corrected chi connectivity index (χ0v) is 15.5. The molecule has 0 amide bonds. The van der Waals surface area contributed by atoms with Gasteiger partial charge in [-0.15, -0.1) is 0 Å². The van der Waals surface area contributed by atoms with Crippen molar-refractivity contribution in [3.8, 4) is 0 Å². The predicted molar refractivity (Wildman–Crippen MR) is 96.4 cm³/mol. The molecule has 2 atom stereocenters. The maximum atomic E-state index is 4.41. The van der Waals surface area contributed by atoms with Crippen LogP contribution in [-0.2, 0) is 7.05 Å². The standard InChI is InChI=1S/C17H32N4S/c1-5-21-10-6-8-15(13-19(2)9-7-11-22-4)17(21)16-12-18-20(3)14-16/h12,14-15,17H,5-11,13H2,1-4H3/t15-,17+/m0/s1. The second-order valence-corrected chi connectivity index (χ2v) is 7.52. The molecule has 0 aliphatic carbocycles. The summed E-state index contributed by atoms with van der Waals surface area (Å²) in [5.74, 6) is 1.99. The zero-order valence-electron chi connectivity index (χ0n) is 14.7. The molecule has 0 bridgehead atoms. The van der Waals surface area contributed by atoms with Gasteiger partial charge in [-0.05, 0) is 63.9 Å². The molecule has 1 saturated heterocycles. The van der Waals surface area contributed by atoms with Gasteiger partial charge < -0.3 is 4.90 Å². The van der Waals surface area contributed by atoms with E-state index in [1.165, 1.54) is 50.2 Å². The summed E-state index contributed by atoms with van der Waals surface area (Å²) in [6.45, 7) is 7.05. The summed E-state index contributed by atoms with van der Waals surface area (Å²) >= 11 is 1.95. The molecule has 1 aromatic heterocycles. The summed E-state index contributed by atoms with van der Waals surface area (Å²) < 4.78 is 1.94. The van der Waals surface area contributed by atoms with E-state index in [1.807, 2.05) is 23.5 Å². The summed E-state index contributed by atoms with van der Waals surface area (Å²) in [5.41, 5.74) is 1.39. The lowest BCUT2D eigenvalue weighted by molar-refractivity contribution is 0.0765. The fraction of sp³-hybridized carbons (Fsp3) is 0.824. The summed E-state index contributed by atoms with van der Waals surface area (Å²) in [6, 6.07) is 0.537. The lowest BCUT2D eigenvalue weighted by Gasteiger charge is -2.42. The van der Waals surface area contributed by atoms with Crippen molar-refractivity contribution < 1.29 is 0 Å². The molecule has 0 spiro atoms. The zero-order chi connectivity index (χ0) is 15.9. The predicted octanol–water partition coefficient (Wildman–Crippen LogP) is 2.88. The Labute approximate surface area is 140 Å². The van der Waals surface area contributed by atoms with E-state index in [4.69, 9.17) is 0 Å². The quantitative estimate of drug-likeness (QED) is 0.686. The Bertz CT molecular complexity index is 434. The van der Waals surface area contributed by atoms with Crippen LogP contribution in [0.2, 0.25) is 0 Å². The molecule has 2 rings (SSSR count). The Morgan fingerprint density at radius 2 is 2.27 bits per heavy atom. The lowest BCUT2D eigenvalue weighted by atomic mass is 9.85. The molecule has 1 aromatic rings. The molecule has 1 aliphatic heterocycles. The molecule has 1 aliphatic rings. The molecular weight excluding hydrogens is 292 g/mol. The van der Waals surface area contributed by atoms with Gasteiger partial charge >= 0.3 is 0 Å². The van der Waals surface area contributed by atoms with Crippen LogP contribution in [0.4, 0.5) is 0 Å². The highest BCUT2D eigenvalue weighted by Gasteiger charge is 2.33. The number of rotatable bonds is 8. The lowest BCUT2D eigenvalue weighted by Crippen LogP contribution is -2.42. The van der Waals surface area contributed by atoms with Crippen LogP contribution in [0, 0.1) is 5.92 Å². The average molecular weight is 325 g/mol. The van der Waals surface area contributed by atoms with Gasteiger partial charge in [-0.1, -0.05) is 6.92 Å². The highest BCUT2D eigenvalue weighted by molar-refractivity contribution is 7.98. The fourth-order valence-electron chi connectivity index (χ4n) is 3.74. The molecule has 0 aromatic carbocycles. The van der Waals surface area contributed by atoms with Crippen LogP contribution in [-0.4, -0.2) is 64.8 Å². The summed E-state index contributed by atoms with van der Waals surface area (Å²) in [5, 5.41) is 4.41. The van der Waals surface area contributed by atoms with Gasteiger partial charge in [0, 0.05) is 31.4 Å². The molecule has 2 heterocycles. The van der Waals surface area contributed by atoms with Crippen LogP contribution in [0.3, 0.4) is 0 Å². The summed E-state index contributed by atoms with van der Waals surface area (Å²) in [4.78, 5) is 5.17. The molecule has 22 heavy (non-hydrogen) atoms. The van der Waals surface area contributed by atoms with E-state index in [1.54, 1.807) is 0 Å². The molecule has 1 fully saturated rings. The molecule has 4 nitrogen and oxygen atoms in total. The van der Waals surface area contributed by atoms with Crippen molar-refractivity contribution in [3.63, 3.8) is 0 Å². The van der Waals surface area contributed by atoms with E-state index < -0.39 is 0 Å². The first-order valence-corrected chi connectivity index (χ1v) is 9.95. The number of aryl methyl sites for hydroxylation is 1. The van der Waals surface area contributed by atoms with Gasteiger partial charge in [0.25, 0.3) is 0 Å². The number of aromatic nitrogens is 2. The first-order valence-electron chi connectivity index (χ1n) is 8.55. The smallest absolute Gasteiger partial charge is 0.0537 e. The Morgan fingerprint density at radius 3 is 2.91 bits per heavy atom. The normalized spacial score (nSPS) is 23.3. The monoisotopic (exact) mass is 324 g/mol. The first-order chi connectivity index (χ1) is 10.7. The number of hydrogen-bond acceptors (Lipinski definition) is 4. The van der Waals surface area contributed by atoms with Crippen molar-refractivity contribution in [1.82, 2.24) is 19.6 Å². The van der Waals surface area contributed by atoms with E-state index in [2.05, 4.69) is 47.5 Å². The number of hydrogen-bond donors (Lipinski definition) is 0. The van der Waals surface area contributed by atoms with E-state index >= 15 is 0 Å². The second kappa shape index (κ2) is 8.94. The number of nitrogens with zero attached hydrogens (tertiary/aromatic N) is 4. The number of likely N-dealkylation sites (tertiary alicyclic amines) is 1. The van der Waals surface area contributed by atoms with Crippen LogP contribution < -0.4 is 0 Å². The van der Waals surface area contributed by atoms with Crippen molar-refractivity contribution in [2.24, 2.45) is 13.0 Å².